The number of nitrogens with one attached hydrogen (secondary N) is 1. The van der Waals surface area contributed by atoms with Gasteiger partial charge in [-0.1, -0.05) is 12.1 Å². The van der Waals surface area contributed by atoms with Gasteiger partial charge in [-0.2, -0.15) is 0 Å². The molecule has 0 fully saturated rings. The maximum Gasteiger partial charge on any atom is 0.226 e. The number of halogens is 2. The SMILES string of the molecule is O=C(Cc1csc(-c2cccc(F)c2)n1)NCCCCOc1ccc(F)cc1. The molecular formula is C21H20F2N2O2S. The summed E-state index contributed by atoms with van der Waals surface area (Å²) in [6, 6.07) is 12.1. The molecule has 0 spiro atoms. The topological polar surface area (TPSA) is 51.2 Å². The van der Waals surface area contributed by atoms with E-state index in [0.29, 0.717) is 35.2 Å². The molecule has 0 radical (unpaired) electrons. The van der Waals surface area contributed by atoms with Gasteiger partial charge in [0.2, 0.25) is 5.91 Å². The molecule has 28 heavy (non-hydrogen) atoms. The average molecular weight is 402 g/mol. The number of hydrogen-bond acceptors (Lipinski definition) is 4. The lowest BCUT2D eigenvalue weighted by atomic mass is 10.2. The summed E-state index contributed by atoms with van der Waals surface area (Å²) in [4.78, 5) is 16.4. The summed E-state index contributed by atoms with van der Waals surface area (Å²) in [6.45, 7) is 1.05. The fourth-order valence-electron chi connectivity index (χ4n) is 2.54. The van der Waals surface area contributed by atoms with Gasteiger partial charge in [-0.15, -0.1) is 11.3 Å². The highest BCUT2D eigenvalue weighted by atomic mass is 32.1. The molecule has 146 valence electrons. The van der Waals surface area contributed by atoms with Crippen molar-refractivity contribution in [3.63, 3.8) is 0 Å². The first-order chi connectivity index (χ1) is 13.6. The van der Waals surface area contributed by atoms with Crippen molar-refractivity contribution in [3.8, 4) is 16.3 Å². The predicted octanol–water partition coefficient (Wildman–Crippen LogP) is 4.61. The van der Waals surface area contributed by atoms with Gasteiger partial charge < -0.3 is 10.1 Å². The van der Waals surface area contributed by atoms with Crippen LogP contribution in [-0.4, -0.2) is 24.0 Å². The molecule has 0 saturated heterocycles. The molecule has 1 heterocycles. The Morgan fingerprint density at radius 2 is 1.89 bits per heavy atom. The fraction of sp³-hybridized carbons (Fsp3) is 0.238. The number of nitrogens with zero attached hydrogens (tertiary/aromatic N) is 1. The van der Waals surface area contributed by atoms with Crippen molar-refractivity contribution in [2.75, 3.05) is 13.2 Å². The number of carbonyl (C=O) groups excluding carboxylic acids is 1. The molecule has 1 aromatic heterocycles. The Morgan fingerprint density at radius 3 is 2.68 bits per heavy atom. The summed E-state index contributed by atoms with van der Waals surface area (Å²) in [7, 11) is 0. The Morgan fingerprint density at radius 1 is 1.07 bits per heavy atom. The minimum absolute atomic E-state index is 0.101. The molecule has 0 saturated carbocycles. The number of hydrogen-bond donors (Lipinski definition) is 1. The van der Waals surface area contributed by atoms with Crippen molar-refractivity contribution in [3.05, 3.63) is 71.2 Å². The summed E-state index contributed by atoms with van der Waals surface area (Å²) in [5, 5.41) is 5.37. The van der Waals surface area contributed by atoms with E-state index >= 15 is 0 Å². The highest BCUT2D eigenvalue weighted by Crippen LogP contribution is 2.24. The lowest BCUT2D eigenvalue weighted by Gasteiger charge is -2.07. The number of ether oxygens (including phenoxy) is 1. The van der Waals surface area contributed by atoms with Crippen LogP contribution >= 0.6 is 11.3 Å². The van der Waals surface area contributed by atoms with Gasteiger partial charge in [-0.3, -0.25) is 4.79 Å². The van der Waals surface area contributed by atoms with Gasteiger partial charge in [0.1, 0.15) is 22.4 Å². The van der Waals surface area contributed by atoms with Crippen LogP contribution in [0.15, 0.2) is 53.9 Å². The highest BCUT2D eigenvalue weighted by Gasteiger charge is 2.09. The van der Waals surface area contributed by atoms with Gasteiger partial charge >= 0.3 is 0 Å². The lowest BCUT2D eigenvalue weighted by molar-refractivity contribution is -0.120. The third-order valence-electron chi connectivity index (χ3n) is 3.94. The number of benzene rings is 2. The summed E-state index contributed by atoms with van der Waals surface area (Å²) in [5.41, 5.74) is 1.37. The number of aromatic nitrogens is 1. The van der Waals surface area contributed by atoms with E-state index in [-0.39, 0.29) is 24.0 Å². The Kier molecular flexibility index (Phi) is 7.08. The van der Waals surface area contributed by atoms with Gasteiger partial charge in [0.05, 0.1) is 18.7 Å². The van der Waals surface area contributed by atoms with Crippen molar-refractivity contribution >= 4 is 17.2 Å². The second-order valence-electron chi connectivity index (χ2n) is 6.19. The normalized spacial score (nSPS) is 10.6. The first-order valence-corrected chi connectivity index (χ1v) is 9.83. The van der Waals surface area contributed by atoms with Crippen LogP contribution in [0, 0.1) is 11.6 Å². The minimum Gasteiger partial charge on any atom is -0.494 e. The van der Waals surface area contributed by atoms with Crippen LogP contribution < -0.4 is 10.1 Å². The van der Waals surface area contributed by atoms with Crippen LogP contribution in [-0.2, 0) is 11.2 Å². The maximum absolute atomic E-state index is 13.3. The molecule has 0 unspecified atom stereocenters. The van der Waals surface area contributed by atoms with Gasteiger partial charge in [0.15, 0.2) is 0 Å². The van der Waals surface area contributed by atoms with E-state index in [1.807, 2.05) is 5.38 Å². The van der Waals surface area contributed by atoms with E-state index < -0.39 is 0 Å². The average Bonchev–Trinajstić information content (AvgIpc) is 3.14. The number of amides is 1. The zero-order valence-electron chi connectivity index (χ0n) is 15.2. The molecule has 4 nitrogen and oxygen atoms in total. The monoisotopic (exact) mass is 402 g/mol. The molecule has 3 rings (SSSR count). The maximum atomic E-state index is 13.3. The van der Waals surface area contributed by atoms with Crippen molar-refractivity contribution in [1.82, 2.24) is 10.3 Å². The summed E-state index contributed by atoms with van der Waals surface area (Å²) < 4.78 is 31.6. The Bertz CT molecular complexity index is 913. The largest absolute Gasteiger partial charge is 0.494 e. The number of rotatable bonds is 9. The van der Waals surface area contributed by atoms with Crippen LogP contribution in [0.5, 0.6) is 5.75 Å². The van der Waals surface area contributed by atoms with E-state index in [1.54, 1.807) is 24.3 Å². The van der Waals surface area contributed by atoms with E-state index in [9.17, 15) is 13.6 Å². The molecule has 3 aromatic rings. The summed E-state index contributed by atoms with van der Waals surface area (Å²) in [5.74, 6) is -0.0766. The van der Waals surface area contributed by atoms with Crippen molar-refractivity contribution < 1.29 is 18.3 Å². The first-order valence-electron chi connectivity index (χ1n) is 8.95. The van der Waals surface area contributed by atoms with E-state index in [0.717, 1.165) is 12.8 Å². The summed E-state index contributed by atoms with van der Waals surface area (Å²) in [6.07, 6.45) is 1.74. The van der Waals surface area contributed by atoms with Crippen molar-refractivity contribution in [2.24, 2.45) is 0 Å². The third-order valence-corrected chi connectivity index (χ3v) is 4.88. The zero-order chi connectivity index (χ0) is 19.8. The molecule has 0 bridgehead atoms. The van der Waals surface area contributed by atoms with Crippen LogP contribution in [0.25, 0.3) is 10.6 Å². The Balaban J connectivity index is 1.34. The predicted molar refractivity (Wildman–Crippen MR) is 105 cm³/mol. The van der Waals surface area contributed by atoms with Gasteiger partial charge in [-0.25, -0.2) is 13.8 Å². The minimum atomic E-state index is -0.310. The van der Waals surface area contributed by atoms with E-state index in [4.69, 9.17) is 4.74 Å². The van der Waals surface area contributed by atoms with E-state index in [1.165, 1.54) is 35.6 Å². The van der Waals surface area contributed by atoms with Crippen LogP contribution in [0.1, 0.15) is 18.5 Å². The molecule has 1 N–H and O–H groups in total. The number of carbonyl (C=O) groups is 1. The smallest absolute Gasteiger partial charge is 0.226 e. The quantitative estimate of drug-likeness (QED) is 0.532. The molecule has 0 atom stereocenters. The summed E-state index contributed by atoms with van der Waals surface area (Å²) >= 11 is 1.39. The lowest BCUT2D eigenvalue weighted by Crippen LogP contribution is -2.26. The van der Waals surface area contributed by atoms with Gasteiger partial charge in [0, 0.05) is 17.5 Å². The van der Waals surface area contributed by atoms with E-state index in [2.05, 4.69) is 10.3 Å². The molecule has 1 amide bonds. The van der Waals surface area contributed by atoms with Crippen molar-refractivity contribution in [1.29, 1.82) is 0 Å². The standard InChI is InChI=1S/C21H20F2N2O2S/c22-16-6-8-19(9-7-16)27-11-2-1-10-24-20(26)13-18-14-28-21(25-18)15-4-3-5-17(23)12-15/h3-9,12,14H,1-2,10-11,13H2,(H,24,26). The zero-order valence-corrected chi connectivity index (χ0v) is 16.0. The molecule has 0 aliphatic carbocycles. The Labute approximate surface area is 166 Å². The molecule has 7 heteroatoms. The molecular weight excluding hydrogens is 382 g/mol. The molecule has 0 aliphatic heterocycles. The first kappa shape index (κ1) is 19.9. The molecule has 0 aliphatic rings. The fourth-order valence-corrected chi connectivity index (χ4v) is 3.36. The van der Waals surface area contributed by atoms with Gasteiger partial charge in [-0.05, 0) is 49.2 Å². The Hall–Kier alpha value is -2.80. The van der Waals surface area contributed by atoms with Crippen LogP contribution in [0.4, 0.5) is 8.78 Å². The number of unbranched alkanes of at least 4 members (excludes halogenated alkanes) is 1. The highest BCUT2D eigenvalue weighted by molar-refractivity contribution is 7.13. The van der Waals surface area contributed by atoms with Crippen LogP contribution in [0.3, 0.4) is 0 Å². The van der Waals surface area contributed by atoms with Crippen molar-refractivity contribution in [2.45, 2.75) is 19.3 Å². The van der Waals surface area contributed by atoms with Gasteiger partial charge in [0.25, 0.3) is 0 Å². The second kappa shape index (κ2) is 9.94. The second-order valence-corrected chi connectivity index (χ2v) is 7.05. The third kappa shape index (κ3) is 6.13. The number of thiazole rings is 1. The molecule has 2 aromatic carbocycles. The van der Waals surface area contributed by atoms with Crippen LogP contribution in [0.2, 0.25) is 0 Å².